The molecule has 1 amide bonds. The van der Waals surface area contributed by atoms with Gasteiger partial charge in [0.05, 0.1) is 12.8 Å². The number of methoxy groups -OCH3 is 1. The van der Waals surface area contributed by atoms with Crippen LogP contribution in [0.3, 0.4) is 0 Å². The van der Waals surface area contributed by atoms with Crippen molar-refractivity contribution in [3.8, 4) is 5.75 Å². The standard InChI is InChI=1S/C14H20N2O2.ClH/c1-10-5-6-12(13(8-10)18-2)16-14(17)9-11-4-3-7-15-11;/h5-6,8,11,15H,3-4,7,9H2,1-2H3,(H,16,17);1H. The smallest absolute Gasteiger partial charge is 0.226 e. The number of benzene rings is 1. The molecule has 1 aliphatic rings. The molecule has 106 valence electrons. The summed E-state index contributed by atoms with van der Waals surface area (Å²) in [5.74, 6) is 0.749. The predicted octanol–water partition coefficient (Wildman–Crippen LogP) is 2.51. The van der Waals surface area contributed by atoms with Gasteiger partial charge in [0.2, 0.25) is 5.91 Å². The van der Waals surface area contributed by atoms with Crippen LogP contribution < -0.4 is 15.4 Å². The number of anilines is 1. The van der Waals surface area contributed by atoms with Gasteiger partial charge in [-0.15, -0.1) is 12.4 Å². The van der Waals surface area contributed by atoms with E-state index in [2.05, 4.69) is 10.6 Å². The van der Waals surface area contributed by atoms with Gasteiger partial charge in [0, 0.05) is 12.5 Å². The van der Waals surface area contributed by atoms with E-state index in [1.165, 1.54) is 0 Å². The highest BCUT2D eigenvalue weighted by Gasteiger charge is 2.18. The minimum absolute atomic E-state index is 0. The Morgan fingerprint density at radius 3 is 2.95 bits per heavy atom. The molecule has 0 bridgehead atoms. The second-order valence-electron chi connectivity index (χ2n) is 4.75. The zero-order chi connectivity index (χ0) is 13.0. The van der Waals surface area contributed by atoms with Crippen LogP contribution >= 0.6 is 12.4 Å². The van der Waals surface area contributed by atoms with E-state index < -0.39 is 0 Å². The highest BCUT2D eigenvalue weighted by Crippen LogP contribution is 2.25. The van der Waals surface area contributed by atoms with Crippen molar-refractivity contribution < 1.29 is 9.53 Å². The van der Waals surface area contributed by atoms with E-state index >= 15 is 0 Å². The Balaban J connectivity index is 0.00000180. The summed E-state index contributed by atoms with van der Waals surface area (Å²) >= 11 is 0. The van der Waals surface area contributed by atoms with Gasteiger partial charge in [-0.2, -0.15) is 0 Å². The molecule has 2 N–H and O–H groups in total. The molecule has 1 aromatic carbocycles. The topological polar surface area (TPSA) is 50.4 Å². The molecule has 2 rings (SSSR count). The molecule has 1 atom stereocenters. The van der Waals surface area contributed by atoms with E-state index in [1.807, 2.05) is 25.1 Å². The molecule has 4 nitrogen and oxygen atoms in total. The average molecular weight is 285 g/mol. The molecule has 5 heteroatoms. The van der Waals surface area contributed by atoms with Crippen LogP contribution in [-0.4, -0.2) is 25.6 Å². The lowest BCUT2D eigenvalue weighted by Crippen LogP contribution is -2.27. The Morgan fingerprint density at radius 2 is 2.32 bits per heavy atom. The Kier molecular flexibility index (Phi) is 6.12. The van der Waals surface area contributed by atoms with Crippen LogP contribution in [-0.2, 0) is 4.79 Å². The fourth-order valence-electron chi connectivity index (χ4n) is 2.26. The molecular formula is C14H21ClN2O2. The summed E-state index contributed by atoms with van der Waals surface area (Å²) < 4.78 is 5.27. The first-order valence-electron chi connectivity index (χ1n) is 6.37. The van der Waals surface area contributed by atoms with Gasteiger partial charge in [-0.3, -0.25) is 4.79 Å². The van der Waals surface area contributed by atoms with Crippen molar-refractivity contribution in [2.45, 2.75) is 32.2 Å². The number of carbonyl (C=O) groups is 1. The van der Waals surface area contributed by atoms with Gasteiger partial charge in [0.25, 0.3) is 0 Å². The quantitative estimate of drug-likeness (QED) is 0.893. The molecule has 0 aromatic heterocycles. The lowest BCUT2D eigenvalue weighted by atomic mass is 10.1. The normalized spacial score (nSPS) is 17.7. The molecular weight excluding hydrogens is 264 g/mol. The van der Waals surface area contributed by atoms with Gasteiger partial charge >= 0.3 is 0 Å². The highest BCUT2D eigenvalue weighted by molar-refractivity contribution is 5.92. The highest BCUT2D eigenvalue weighted by atomic mass is 35.5. The zero-order valence-electron chi connectivity index (χ0n) is 11.4. The first kappa shape index (κ1) is 15.8. The number of hydrogen-bond acceptors (Lipinski definition) is 3. The summed E-state index contributed by atoms with van der Waals surface area (Å²) in [4.78, 5) is 11.9. The number of rotatable bonds is 4. The van der Waals surface area contributed by atoms with Crippen LogP contribution in [0.1, 0.15) is 24.8 Å². The first-order chi connectivity index (χ1) is 8.69. The second kappa shape index (κ2) is 7.36. The van der Waals surface area contributed by atoms with Crippen molar-refractivity contribution in [1.82, 2.24) is 5.32 Å². The third kappa shape index (κ3) is 4.40. The van der Waals surface area contributed by atoms with Crippen molar-refractivity contribution >= 4 is 24.0 Å². The van der Waals surface area contributed by atoms with Crippen molar-refractivity contribution in [1.29, 1.82) is 0 Å². The number of carbonyl (C=O) groups excluding carboxylic acids is 1. The van der Waals surface area contributed by atoms with Crippen LogP contribution in [0.5, 0.6) is 5.75 Å². The number of ether oxygens (including phenoxy) is 1. The van der Waals surface area contributed by atoms with Crippen molar-refractivity contribution in [3.63, 3.8) is 0 Å². The predicted molar refractivity (Wildman–Crippen MR) is 79.3 cm³/mol. The number of aryl methyl sites for hydroxylation is 1. The van der Waals surface area contributed by atoms with Gasteiger partial charge in [-0.05, 0) is 44.0 Å². The lowest BCUT2D eigenvalue weighted by molar-refractivity contribution is -0.116. The summed E-state index contributed by atoms with van der Waals surface area (Å²) in [6, 6.07) is 6.09. The minimum Gasteiger partial charge on any atom is -0.495 e. The van der Waals surface area contributed by atoms with Crippen LogP contribution in [0.15, 0.2) is 18.2 Å². The second-order valence-corrected chi connectivity index (χ2v) is 4.75. The first-order valence-corrected chi connectivity index (χ1v) is 6.37. The molecule has 1 unspecified atom stereocenters. The molecule has 0 radical (unpaired) electrons. The number of nitrogens with one attached hydrogen (secondary N) is 2. The van der Waals surface area contributed by atoms with Crippen LogP contribution in [0.4, 0.5) is 5.69 Å². The molecule has 0 spiro atoms. The molecule has 1 aliphatic heterocycles. The molecule has 0 aliphatic carbocycles. The summed E-state index contributed by atoms with van der Waals surface area (Å²) in [6.07, 6.45) is 2.77. The maximum Gasteiger partial charge on any atom is 0.226 e. The number of hydrogen-bond donors (Lipinski definition) is 2. The van der Waals surface area contributed by atoms with E-state index in [0.717, 1.165) is 30.6 Å². The summed E-state index contributed by atoms with van der Waals surface area (Å²) in [5, 5.41) is 6.23. The number of amides is 1. The monoisotopic (exact) mass is 284 g/mol. The molecule has 0 saturated carbocycles. The van der Waals surface area contributed by atoms with Crippen molar-refractivity contribution in [2.24, 2.45) is 0 Å². The molecule has 1 aromatic rings. The Morgan fingerprint density at radius 1 is 1.53 bits per heavy atom. The lowest BCUT2D eigenvalue weighted by Gasteiger charge is -2.13. The number of halogens is 1. The van der Waals surface area contributed by atoms with E-state index in [1.54, 1.807) is 7.11 Å². The fraction of sp³-hybridized carbons (Fsp3) is 0.500. The van der Waals surface area contributed by atoms with E-state index in [-0.39, 0.29) is 18.3 Å². The Hall–Kier alpha value is -1.26. The zero-order valence-corrected chi connectivity index (χ0v) is 12.2. The maximum atomic E-state index is 11.9. The van der Waals surface area contributed by atoms with Crippen LogP contribution in [0, 0.1) is 6.92 Å². The van der Waals surface area contributed by atoms with Gasteiger partial charge in [0.1, 0.15) is 5.75 Å². The van der Waals surface area contributed by atoms with Gasteiger partial charge in [0.15, 0.2) is 0 Å². The SMILES string of the molecule is COc1cc(C)ccc1NC(=O)CC1CCCN1.Cl. The fourth-order valence-corrected chi connectivity index (χ4v) is 2.26. The molecule has 1 heterocycles. The van der Waals surface area contributed by atoms with Gasteiger partial charge < -0.3 is 15.4 Å². The summed E-state index contributed by atoms with van der Waals surface area (Å²) in [5.41, 5.74) is 1.86. The van der Waals surface area contributed by atoms with E-state index in [9.17, 15) is 4.79 Å². The minimum atomic E-state index is 0. The van der Waals surface area contributed by atoms with Crippen molar-refractivity contribution in [3.05, 3.63) is 23.8 Å². The average Bonchev–Trinajstić information content (AvgIpc) is 2.84. The largest absolute Gasteiger partial charge is 0.495 e. The summed E-state index contributed by atoms with van der Waals surface area (Å²) in [6.45, 7) is 3.02. The molecule has 1 fully saturated rings. The third-order valence-corrected chi connectivity index (χ3v) is 3.23. The Labute approximate surface area is 120 Å². The molecule has 19 heavy (non-hydrogen) atoms. The van der Waals surface area contributed by atoms with Crippen LogP contribution in [0.2, 0.25) is 0 Å². The summed E-state index contributed by atoms with van der Waals surface area (Å²) in [7, 11) is 1.61. The molecule has 1 saturated heterocycles. The van der Waals surface area contributed by atoms with E-state index in [4.69, 9.17) is 4.74 Å². The van der Waals surface area contributed by atoms with Gasteiger partial charge in [-0.25, -0.2) is 0 Å². The Bertz CT molecular complexity index is 431. The maximum absolute atomic E-state index is 11.9. The van der Waals surface area contributed by atoms with Gasteiger partial charge in [-0.1, -0.05) is 6.07 Å². The van der Waals surface area contributed by atoms with Crippen molar-refractivity contribution in [2.75, 3.05) is 19.0 Å². The van der Waals surface area contributed by atoms with Crippen LogP contribution in [0.25, 0.3) is 0 Å². The van der Waals surface area contributed by atoms with E-state index in [0.29, 0.717) is 18.2 Å². The third-order valence-electron chi connectivity index (χ3n) is 3.23.